The van der Waals surface area contributed by atoms with E-state index < -0.39 is 0 Å². The van der Waals surface area contributed by atoms with Crippen molar-refractivity contribution in [3.05, 3.63) is 29.6 Å². The summed E-state index contributed by atoms with van der Waals surface area (Å²) in [5, 5.41) is 11.3. The topological polar surface area (TPSA) is 69.6 Å². The highest BCUT2D eigenvalue weighted by Crippen LogP contribution is 2.15. The van der Waals surface area contributed by atoms with Gasteiger partial charge in [0, 0.05) is 5.69 Å². The van der Waals surface area contributed by atoms with Crippen LogP contribution in [-0.4, -0.2) is 20.2 Å². The van der Waals surface area contributed by atoms with Gasteiger partial charge >= 0.3 is 0 Å². The molecule has 1 heterocycles. The summed E-state index contributed by atoms with van der Waals surface area (Å²) in [6.07, 6.45) is 0. The van der Waals surface area contributed by atoms with E-state index in [1.54, 1.807) is 4.68 Å². The first kappa shape index (κ1) is 8.68. The van der Waals surface area contributed by atoms with E-state index in [0.717, 1.165) is 22.8 Å². The maximum absolute atomic E-state index is 5.72. The molecule has 2 rings (SSSR count). The van der Waals surface area contributed by atoms with Crippen LogP contribution in [0.4, 0.5) is 5.69 Å². The van der Waals surface area contributed by atoms with Crippen molar-refractivity contribution in [3.63, 3.8) is 0 Å². The lowest BCUT2D eigenvalue weighted by Crippen LogP contribution is -2.00. The number of nitrogens with zero attached hydrogens (tertiary/aromatic N) is 4. The standard InChI is InChI=1S/C9H11N5/c1-6-5-8(3-4-9(6)10)14-7(2)11-12-13-14/h3-5H,10H2,1-2H3. The summed E-state index contributed by atoms with van der Waals surface area (Å²) in [7, 11) is 0. The first-order valence-corrected chi connectivity index (χ1v) is 4.30. The molecule has 14 heavy (non-hydrogen) atoms. The molecule has 0 spiro atoms. The fraction of sp³-hybridized carbons (Fsp3) is 0.222. The fourth-order valence-electron chi connectivity index (χ4n) is 1.26. The fourth-order valence-corrected chi connectivity index (χ4v) is 1.26. The Labute approximate surface area is 81.5 Å². The van der Waals surface area contributed by atoms with Crippen molar-refractivity contribution in [1.82, 2.24) is 20.2 Å². The molecule has 2 N–H and O–H groups in total. The lowest BCUT2D eigenvalue weighted by molar-refractivity contribution is 0.779. The quantitative estimate of drug-likeness (QED) is 0.675. The lowest BCUT2D eigenvalue weighted by atomic mass is 10.2. The molecular formula is C9H11N5. The van der Waals surface area contributed by atoms with Crippen LogP contribution < -0.4 is 5.73 Å². The normalized spacial score (nSPS) is 10.4. The van der Waals surface area contributed by atoms with E-state index in [1.807, 2.05) is 32.0 Å². The van der Waals surface area contributed by atoms with Gasteiger partial charge in [-0.05, 0) is 48.0 Å². The molecule has 72 valence electrons. The summed E-state index contributed by atoms with van der Waals surface area (Å²) < 4.78 is 1.67. The van der Waals surface area contributed by atoms with Gasteiger partial charge in [-0.25, -0.2) is 0 Å². The number of aromatic nitrogens is 4. The third-order valence-electron chi connectivity index (χ3n) is 2.12. The smallest absolute Gasteiger partial charge is 0.153 e. The summed E-state index contributed by atoms with van der Waals surface area (Å²) in [5.41, 5.74) is 8.45. The molecule has 0 saturated heterocycles. The van der Waals surface area contributed by atoms with Crippen molar-refractivity contribution in [2.45, 2.75) is 13.8 Å². The molecule has 0 radical (unpaired) electrons. The average molecular weight is 189 g/mol. The van der Waals surface area contributed by atoms with Crippen molar-refractivity contribution >= 4 is 5.69 Å². The zero-order valence-electron chi connectivity index (χ0n) is 8.10. The largest absolute Gasteiger partial charge is 0.399 e. The van der Waals surface area contributed by atoms with Crippen LogP contribution in [0.25, 0.3) is 5.69 Å². The van der Waals surface area contributed by atoms with Gasteiger partial charge in [0.05, 0.1) is 5.69 Å². The Kier molecular flexibility index (Phi) is 1.92. The van der Waals surface area contributed by atoms with Crippen LogP contribution in [0.3, 0.4) is 0 Å². The Morgan fingerprint density at radius 2 is 2.07 bits per heavy atom. The second-order valence-corrected chi connectivity index (χ2v) is 3.18. The second-order valence-electron chi connectivity index (χ2n) is 3.18. The average Bonchev–Trinajstić information content (AvgIpc) is 2.57. The molecule has 0 saturated carbocycles. The molecule has 0 aliphatic heterocycles. The van der Waals surface area contributed by atoms with Gasteiger partial charge in [-0.2, -0.15) is 4.68 Å². The number of rotatable bonds is 1. The van der Waals surface area contributed by atoms with Crippen LogP contribution in [0, 0.1) is 13.8 Å². The van der Waals surface area contributed by atoms with Crippen molar-refractivity contribution < 1.29 is 0 Å². The molecule has 0 atom stereocenters. The Balaban J connectivity index is 2.53. The van der Waals surface area contributed by atoms with Crippen molar-refractivity contribution in [1.29, 1.82) is 0 Å². The van der Waals surface area contributed by atoms with Crippen LogP contribution in [0.15, 0.2) is 18.2 Å². The second kappa shape index (κ2) is 3.10. The lowest BCUT2D eigenvalue weighted by Gasteiger charge is -2.04. The number of anilines is 1. The zero-order valence-corrected chi connectivity index (χ0v) is 8.10. The summed E-state index contributed by atoms with van der Waals surface area (Å²) in [6.45, 7) is 3.81. The molecule has 1 aromatic heterocycles. The number of nitrogen functional groups attached to an aromatic ring is 1. The van der Waals surface area contributed by atoms with Gasteiger partial charge in [0.25, 0.3) is 0 Å². The summed E-state index contributed by atoms with van der Waals surface area (Å²) in [4.78, 5) is 0. The Bertz CT molecular complexity index is 460. The number of nitrogens with two attached hydrogens (primary N) is 1. The maximum atomic E-state index is 5.72. The molecule has 0 amide bonds. The van der Waals surface area contributed by atoms with Gasteiger partial charge in [0.2, 0.25) is 0 Å². The van der Waals surface area contributed by atoms with Crippen LogP contribution in [0.2, 0.25) is 0 Å². The van der Waals surface area contributed by atoms with Crippen molar-refractivity contribution in [2.75, 3.05) is 5.73 Å². The first-order valence-electron chi connectivity index (χ1n) is 4.30. The molecule has 2 aromatic rings. The van der Waals surface area contributed by atoms with Crippen LogP contribution in [0.5, 0.6) is 0 Å². The van der Waals surface area contributed by atoms with Crippen molar-refractivity contribution in [2.24, 2.45) is 0 Å². The van der Waals surface area contributed by atoms with E-state index in [9.17, 15) is 0 Å². The molecular weight excluding hydrogens is 178 g/mol. The monoisotopic (exact) mass is 189 g/mol. The predicted octanol–water partition coefficient (Wildman–Crippen LogP) is 0.861. The Morgan fingerprint density at radius 3 is 2.64 bits per heavy atom. The van der Waals surface area contributed by atoms with Gasteiger partial charge < -0.3 is 5.73 Å². The van der Waals surface area contributed by atoms with E-state index in [1.165, 1.54) is 0 Å². The Morgan fingerprint density at radius 1 is 1.29 bits per heavy atom. The minimum atomic E-state index is 0.758. The maximum Gasteiger partial charge on any atom is 0.153 e. The van der Waals surface area contributed by atoms with E-state index in [2.05, 4.69) is 15.5 Å². The number of benzene rings is 1. The minimum absolute atomic E-state index is 0.758. The molecule has 0 bridgehead atoms. The van der Waals surface area contributed by atoms with E-state index in [4.69, 9.17) is 5.73 Å². The molecule has 1 aromatic carbocycles. The predicted molar refractivity (Wildman–Crippen MR) is 53.0 cm³/mol. The van der Waals surface area contributed by atoms with Gasteiger partial charge in [-0.3, -0.25) is 0 Å². The summed E-state index contributed by atoms with van der Waals surface area (Å²) >= 11 is 0. The SMILES string of the molecule is Cc1cc(-n2nnnc2C)ccc1N. The Hall–Kier alpha value is -1.91. The number of hydrogen-bond donors (Lipinski definition) is 1. The number of tetrazole rings is 1. The highest BCUT2D eigenvalue weighted by atomic mass is 15.5. The van der Waals surface area contributed by atoms with E-state index in [-0.39, 0.29) is 0 Å². The molecule has 0 unspecified atom stereocenters. The summed E-state index contributed by atoms with van der Waals surface area (Å²) in [5.74, 6) is 0.758. The molecule has 0 fully saturated rings. The number of aryl methyl sites for hydroxylation is 2. The van der Waals surface area contributed by atoms with Crippen LogP contribution in [-0.2, 0) is 0 Å². The highest BCUT2D eigenvalue weighted by molar-refractivity contribution is 5.51. The van der Waals surface area contributed by atoms with Crippen LogP contribution in [0.1, 0.15) is 11.4 Å². The molecule has 5 nitrogen and oxygen atoms in total. The number of hydrogen-bond acceptors (Lipinski definition) is 4. The minimum Gasteiger partial charge on any atom is -0.399 e. The first-order chi connectivity index (χ1) is 6.68. The summed E-state index contributed by atoms with van der Waals surface area (Å²) in [6, 6.07) is 5.70. The highest BCUT2D eigenvalue weighted by Gasteiger charge is 2.03. The van der Waals surface area contributed by atoms with Crippen molar-refractivity contribution in [3.8, 4) is 5.69 Å². The van der Waals surface area contributed by atoms with Gasteiger partial charge in [0.15, 0.2) is 5.82 Å². The van der Waals surface area contributed by atoms with Crippen LogP contribution >= 0.6 is 0 Å². The molecule has 0 aliphatic rings. The van der Waals surface area contributed by atoms with E-state index >= 15 is 0 Å². The molecule has 0 aliphatic carbocycles. The third kappa shape index (κ3) is 1.32. The van der Waals surface area contributed by atoms with Gasteiger partial charge in [-0.1, -0.05) is 0 Å². The zero-order chi connectivity index (χ0) is 10.1. The van der Waals surface area contributed by atoms with Gasteiger partial charge in [-0.15, -0.1) is 5.10 Å². The van der Waals surface area contributed by atoms with E-state index in [0.29, 0.717) is 0 Å². The van der Waals surface area contributed by atoms with Gasteiger partial charge in [0.1, 0.15) is 0 Å². The third-order valence-corrected chi connectivity index (χ3v) is 2.12. The molecule has 5 heteroatoms.